The van der Waals surface area contributed by atoms with Crippen molar-refractivity contribution in [2.45, 2.75) is 103 Å². The molecule has 1 unspecified atom stereocenters. The van der Waals surface area contributed by atoms with Crippen LogP contribution in [-0.2, 0) is 0 Å². The summed E-state index contributed by atoms with van der Waals surface area (Å²) in [5, 5.41) is 3.87. The zero-order valence-corrected chi connectivity index (χ0v) is 15.2. The zero-order valence-electron chi connectivity index (χ0n) is 15.2. The van der Waals surface area contributed by atoms with E-state index in [1.807, 2.05) is 0 Å². The Balaban J connectivity index is 2.40. The Kier molecular flexibility index (Phi) is 9.59. The number of piperazine rings is 1. The molecule has 0 aromatic carbocycles. The van der Waals surface area contributed by atoms with E-state index in [1.54, 1.807) is 0 Å². The molecule has 1 fully saturated rings. The number of hydrogen-bond donors (Lipinski definition) is 1. The lowest BCUT2D eigenvalue weighted by atomic mass is 9.87. The van der Waals surface area contributed by atoms with Crippen molar-refractivity contribution in [3.63, 3.8) is 0 Å². The van der Waals surface area contributed by atoms with Crippen molar-refractivity contribution in [3.8, 4) is 0 Å². The smallest absolute Gasteiger partial charge is 0.0304 e. The first-order chi connectivity index (χ1) is 10.2. The van der Waals surface area contributed by atoms with Gasteiger partial charge in [-0.15, -0.1) is 0 Å². The van der Waals surface area contributed by atoms with Crippen molar-refractivity contribution in [1.82, 2.24) is 10.2 Å². The van der Waals surface area contributed by atoms with Crippen molar-refractivity contribution in [1.29, 1.82) is 0 Å². The molecule has 1 saturated heterocycles. The third-order valence-electron chi connectivity index (χ3n) is 5.51. The molecule has 0 aromatic rings. The van der Waals surface area contributed by atoms with Crippen LogP contribution in [0.2, 0.25) is 0 Å². The van der Waals surface area contributed by atoms with Crippen molar-refractivity contribution in [2.24, 2.45) is 0 Å². The van der Waals surface area contributed by atoms with E-state index in [2.05, 4.69) is 37.9 Å². The topological polar surface area (TPSA) is 15.3 Å². The Hall–Kier alpha value is -0.0800. The number of unbranched alkanes of at least 4 members (excludes halogenated alkanes) is 5. The third kappa shape index (κ3) is 6.28. The molecule has 126 valence electrons. The lowest BCUT2D eigenvalue weighted by Crippen LogP contribution is -2.63. The highest BCUT2D eigenvalue weighted by molar-refractivity contribution is 4.96. The van der Waals surface area contributed by atoms with Crippen LogP contribution in [0.3, 0.4) is 0 Å². The highest BCUT2D eigenvalue weighted by Gasteiger charge is 2.35. The van der Waals surface area contributed by atoms with Gasteiger partial charge >= 0.3 is 0 Å². The summed E-state index contributed by atoms with van der Waals surface area (Å²) in [6.07, 6.45) is 13.6. The van der Waals surface area contributed by atoms with Gasteiger partial charge in [-0.2, -0.15) is 0 Å². The van der Waals surface area contributed by atoms with Gasteiger partial charge in [0.25, 0.3) is 0 Å². The van der Waals surface area contributed by atoms with Gasteiger partial charge in [-0.25, -0.2) is 0 Å². The van der Waals surface area contributed by atoms with Gasteiger partial charge in [-0.1, -0.05) is 66.2 Å². The Morgan fingerprint density at radius 1 is 0.905 bits per heavy atom. The zero-order chi connectivity index (χ0) is 15.6. The first-order valence-corrected chi connectivity index (χ1v) is 9.70. The molecule has 0 amide bonds. The predicted octanol–water partition coefficient (Wildman–Crippen LogP) is 4.98. The monoisotopic (exact) mass is 296 g/mol. The molecule has 2 heteroatoms. The average molecular weight is 297 g/mol. The number of nitrogens with zero attached hydrogens (tertiary/aromatic N) is 1. The fraction of sp³-hybridized carbons (Fsp3) is 1.00. The highest BCUT2D eigenvalue weighted by atomic mass is 15.2. The van der Waals surface area contributed by atoms with E-state index < -0.39 is 0 Å². The fourth-order valence-electron chi connectivity index (χ4n) is 3.74. The minimum atomic E-state index is 0.381. The summed E-state index contributed by atoms with van der Waals surface area (Å²) >= 11 is 0. The lowest BCUT2D eigenvalue weighted by molar-refractivity contribution is 0.0664. The van der Waals surface area contributed by atoms with Crippen LogP contribution in [0, 0.1) is 0 Å². The van der Waals surface area contributed by atoms with E-state index in [-0.39, 0.29) is 0 Å². The maximum absolute atomic E-state index is 3.87. The van der Waals surface area contributed by atoms with E-state index in [1.165, 1.54) is 83.8 Å². The molecule has 1 atom stereocenters. The van der Waals surface area contributed by atoms with Gasteiger partial charge in [-0.05, 0) is 32.2 Å². The lowest BCUT2D eigenvalue weighted by Gasteiger charge is -2.47. The molecule has 0 bridgehead atoms. The quantitative estimate of drug-likeness (QED) is 0.541. The van der Waals surface area contributed by atoms with Gasteiger partial charge < -0.3 is 5.32 Å². The Labute approximate surface area is 134 Å². The maximum Gasteiger partial charge on any atom is 0.0304 e. The average Bonchev–Trinajstić information content (AvgIpc) is 2.52. The molecule has 1 aliphatic rings. The largest absolute Gasteiger partial charge is 0.308 e. The second-order valence-corrected chi connectivity index (χ2v) is 7.05. The van der Waals surface area contributed by atoms with Gasteiger partial charge in [0.2, 0.25) is 0 Å². The summed E-state index contributed by atoms with van der Waals surface area (Å²) in [6.45, 7) is 13.1. The van der Waals surface area contributed by atoms with Crippen molar-refractivity contribution < 1.29 is 0 Å². The van der Waals surface area contributed by atoms with E-state index in [0.717, 1.165) is 6.04 Å². The second kappa shape index (κ2) is 10.6. The Bertz CT molecular complexity index is 248. The number of rotatable bonds is 11. The van der Waals surface area contributed by atoms with Gasteiger partial charge in [0.1, 0.15) is 0 Å². The Morgan fingerprint density at radius 2 is 1.57 bits per heavy atom. The maximum atomic E-state index is 3.87. The molecule has 0 saturated carbocycles. The molecule has 1 rings (SSSR count). The van der Waals surface area contributed by atoms with Crippen LogP contribution in [0.4, 0.5) is 0 Å². The van der Waals surface area contributed by atoms with Gasteiger partial charge in [0.15, 0.2) is 0 Å². The summed E-state index contributed by atoms with van der Waals surface area (Å²) in [4.78, 5) is 2.81. The van der Waals surface area contributed by atoms with Crippen molar-refractivity contribution in [2.75, 3.05) is 19.6 Å². The number of nitrogens with one attached hydrogen (secondary N) is 1. The van der Waals surface area contributed by atoms with E-state index in [0.29, 0.717) is 5.54 Å². The van der Waals surface area contributed by atoms with Crippen LogP contribution in [-0.4, -0.2) is 36.1 Å². The summed E-state index contributed by atoms with van der Waals surface area (Å²) in [5.41, 5.74) is 0.381. The molecule has 1 N–H and O–H groups in total. The van der Waals surface area contributed by atoms with Crippen LogP contribution < -0.4 is 5.32 Å². The molecule has 1 aliphatic heterocycles. The molecule has 0 aliphatic carbocycles. The molecule has 0 aromatic heterocycles. The molecular formula is C19H40N2. The standard InChI is InChI=1S/C19H40N2/c1-5-9-10-11-12-13-15-21-17-19(7-3,8-4)20-16-18(21)14-6-2/h18,20H,5-17H2,1-4H3. The second-order valence-electron chi connectivity index (χ2n) is 7.05. The SMILES string of the molecule is CCCCCCCCN1CC(CC)(CC)NCC1CCC. The molecule has 2 nitrogen and oxygen atoms in total. The highest BCUT2D eigenvalue weighted by Crippen LogP contribution is 2.25. The van der Waals surface area contributed by atoms with Crippen molar-refractivity contribution >= 4 is 0 Å². The third-order valence-corrected chi connectivity index (χ3v) is 5.51. The van der Waals surface area contributed by atoms with Crippen LogP contribution >= 0.6 is 0 Å². The fourth-order valence-corrected chi connectivity index (χ4v) is 3.74. The van der Waals surface area contributed by atoms with Crippen LogP contribution in [0.1, 0.15) is 91.9 Å². The molecular weight excluding hydrogens is 256 g/mol. The van der Waals surface area contributed by atoms with E-state index in [9.17, 15) is 0 Å². The predicted molar refractivity (Wildman–Crippen MR) is 95.0 cm³/mol. The normalized spacial score (nSPS) is 22.6. The van der Waals surface area contributed by atoms with Gasteiger partial charge in [0.05, 0.1) is 0 Å². The molecule has 21 heavy (non-hydrogen) atoms. The Morgan fingerprint density at radius 3 is 2.19 bits per heavy atom. The van der Waals surface area contributed by atoms with Crippen LogP contribution in [0.15, 0.2) is 0 Å². The summed E-state index contributed by atoms with van der Waals surface area (Å²) < 4.78 is 0. The van der Waals surface area contributed by atoms with E-state index in [4.69, 9.17) is 0 Å². The summed E-state index contributed by atoms with van der Waals surface area (Å²) in [7, 11) is 0. The minimum Gasteiger partial charge on any atom is -0.308 e. The van der Waals surface area contributed by atoms with Crippen molar-refractivity contribution in [3.05, 3.63) is 0 Å². The molecule has 0 spiro atoms. The first kappa shape index (κ1) is 19.0. The minimum absolute atomic E-state index is 0.381. The van der Waals surface area contributed by atoms with Crippen LogP contribution in [0.5, 0.6) is 0 Å². The first-order valence-electron chi connectivity index (χ1n) is 9.70. The number of hydrogen-bond acceptors (Lipinski definition) is 2. The molecule has 0 radical (unpaired) electrons. The van der Waals surface area contributed by atoms with Gasteiger partial charge in [0, 0.05) is 24.7 Å². The summed E-state index contributed by atoms with van der Waals surface area (Å²) in [5.74, 6) is 0. The van der Waals surface area contributed by atoms with Gasteiger partial charge in [-0.3, -0.25) is 4.90 Å². The van der Waals surface area contributed by atoms with E-state index >= 15 is 0 Å². The summed E-state index contributed by atoms with van der Waals surface area (Å²) in [6, 6.07) is 0.775. The molecule has 1 heterocycles. The van der Waals surface area contributed by atoms with Crippen LogP contribution in [0.25, 0.3) is 0 Å².